The highest BCUT2D eigenvalue weighted by Crippen LogP contribution is 2.45. The Balaban J connectivity index is 2.36. The number of carboxylic acid groups (broad SMARTS) is 1. The molecule has 0 saturated carbocycles. The number of hydrogen-bond donors (Lipinski definition) is 1. The Labute approximate surface area is 118 Å². The molecule has 0 bridgehead atoms. The molecule has 1 heterocycles. The van der Waals surface area contributed by atoms with E-state index in [1.165, 1.54) is 12.8 Å². The standard InChI is InChI=1S/C14H24F3NO2/c1-2-3-4-5-6-7-9-18-10-8-13(11-18,12(19)20)14(15,16)17/h2-11H2,1H3,(H,19,20). The Bertz CT molecular complexity index is 320. The lowest BCUT2D eigenvalue weighted by Gasteiger charge is -2.27. The lowest BCUT2D eigenvalue weighted by atomic mass is 9.86. The highest BCUT2D eigenvalue weighted by molar-refractivity contribution is 5.76. The van der Waals surface area contributed by atoms with E-state index in [-0.39, 0.29) is 13.0 Å². The zero-order valence-electron chi connectivity index (χ0n) is 12.0. The predicted molar refractivity (Wildman–Crippen MR) is 70.6 cm³/mol. The van der Waals surface area contributed by atoms with Crippen molar-refractivity contribution in [3.8, 4) is 0 Å². The summed E-state index contributed by atoms with van der Waals surface area (Å²) in [6.45, 7) is 2.52. The number of nitrogens with zero attached hydrogens (tertiary/aromatic N) is 1. The van der Waals surface area contributed by atoms with Gasteiger partial charge in [0.15, 0.2) is 5.41 Å². The van der Waals surface area contributed by atoms with E-state index in [1.807, 2.05) is 0 Å². The molecule has 1 fully saturated rings. The normalized spacial score (nSPS) is 24.2. The summed E-state index contributed by atoms with van der Waals surface area (Å²) < 4.78 is 38.9. The van der Waals surface area contributed by atoms with Gasteiger partial charge in [-0.15, -0.1) is 0 Å². The molecule has 0 amide bonds. The third-order valence-electron chi connectivity index (χ3n) is 4.13. The van der Waals surface area contributed by atoms with Gasteiger partial charge < -0.3 is 10.0 Å². The minimum absolute atomic E-state index is 0.223. The van der Waals surface area contributed by atoms with Crippen molar-refractivity contribution in [1.29, 1.82) is 0 Å². The molecule has 0 aromatic heterocycles. The van der Waals surface area contributed by atoms with Crippen LogP contribution >= 0.6 is 0 Å². The average molecular weight is 295 g/mol. The maximum Gasteiger partial charge on any atom is 0.406 e. The number of unbranched alkanes of at least 4 members (excludes halogenated alkanes) is 5. The molecule has 0 aromatic rings. The molecule has 1 unspecified atom stereocenters. The fourth-order valence-electron chi connectivity index (χ4n) is 2.72. The van der Waals surface area contributed by atoms with E-state index in [9.17, 15) is 18.0 Å². The van der Waals surface area contributed by atoms with Crippen molar-refractivity contribution in [2.24, 2.45) is 5.41 Å². The Morgan fingerprint density at radius 3 is 2.30 bits per heavy atom. The maximum absolute atomic E-state index is 13.0. The average Bonchev–Trinajstić information content (AvgIpc) is 2.78. The summed E-state index contributed by atoms with van der Waals surface area (Å²) in [6.07, 6.45) is 1.47. The largest absolute Gasteiger partial charge is 0.481 e. The van der Waals surface area contributed by atoms with E-state index in [0.717, 1.165) is 25.7 Å². The molecule has 0 aliphatic carbocycles. The molecule has 118 valence electrons. The second-order valence-electron chi connectivity index (χ2n) is 5.68. The monoisotopic (exact) mass is 295 g/mol. The minimum Gasteiger partial charge on any atom is -0.481 e. The van der Waals surface area contributed by atoms with E-state index < -0.39 is 24.1 Å². The van der Waals surface area contributed by atoms with Gasteiger partial charge in [0.2, 0.25) is 0 Å². The van der Waals surface area contributed by atoms with Crippen molar-refractivity contribution in [3.05, 3.63) is 0 Å². The van der Waals surface area contributed by atoms with Crippen molar-refractivity contribution in [1.82, 2.24) is 4.90 Å². The Morgan fingerprint density at radius 1 is 1.20 bits per heavy atom. The van der Waals surface area contributed by atoms with Crippen LogP contribution < -0.4 is 0 Å². The lowest BCUT2D eigenvalue weighted by molar-refractivity contribution is -0.227. The van der Waals surface area contributed by atoms with Crippen LogP contribution in [0.3, 0.4) is 0 Å². The van der Waals surface area contributed by atoms with E-state index >= 15 is 0 Å². The molecule has 0 aromatic carbocycles. The number of halogens is 3. The topological polar surface area (TPSA) is 40.5 Å². The highest BCUT2D eigenvalue weighted by atomic mass is 19.4. The van der Waals surface area contributed by atoms with Gasteiger partial charge in [0, 0.05) is 6.54 Å². The third kappa shape index (κ3) is 4.11. The minimum atomic E-state index is -4.67. The van der Waals surface area contributed by atoms with Gasteiger partial charge in [0.1, 0.15) is 0 Å². The second kappa shape index (κ2) is 7.29. The zero-order chi connectivity index (χ0) is 15.2. The lowest BCUT2D eigenvalue weighted by Crippen LogP contribution is -2.47. The molecule has 0 radical (unpaired) electrons. The van der Waals surface area contributed by atoms with E-state index in [1.54, 1.807) is 4.90 Å². The quantitative estimate of drug-likeness (QED) is 0.694. The molecule has 0 spiro atoms. The van der Waals surface area contributed by atoms with Crippen molar-refractivity contribution in [3.63, 3.8) is 0 Å². The first kappa shape index (κ1) is 17.3. The maximum atomic E-state index is 13.0. The van der Waals surface area contributed by atoms with Crippen LogP contribution in [0, 0.1) is 5.41 Å². The fourth-order valence-corrected chi connectivity index (χ4v) is 2.72. The zero-order valence-corrected chi connectivity index (χ0v) is 12.0. The summed E-state index contributed by atoms with van der Waals surface area (Å²) in [5.41, 5.74) is -2.56. The van der Waals surface area contributed by atoms with Crippen molar-refractivity contribution < 1.29 is 23.1 Å². The first-order valence-electron chi connectivity index (χ1n) is 7.36. The molecule has 3 nitrogen and oxygen atoms in total. The number of likely N-dealkylation sites (tertiary alicyclic amines) is 1. The summed E-state index contributed by atoms with van der Waals surface area (Å²) in [4.78, 5) is 12.7. The predicted octanol–water partition coefficient (Wildman–Crippen LogP) is 3.69. The van der Waals surface area contributed by atoms with Crippen molar-refractivity contribution >= 4 is 5.97 Å². The molecular formula is C14H24F3NO2. The first-order valence-corrected chi connectivity index (χ1v) is 7.36. The molecule has 1 N–H and O–H groups in total. The number of carbonyl (C=O) groups is 1. The van der Waals surface area contributed by atoms with Gasteiger partial charge in [-0.25, -0.2) is 0 Å². The van der Waals surface area contributed by atoms with E-state index in [0.29, 0.717) is 6.54 Å². The summed E-state index contributed by atoms with van der Waals surface area (Å²) in [5.74, 6) is -1.74. The summed E-state index contributed by atoms with van der Waals surface area (Å²) in [6, 6.07) is 0. The van der Waals surface area contributed by atoms with Gasteiger partial charge in [-0.05, 0) is 25.9 Å². The molecular weight excluding hydrogens is 271 g/mol. The molecule has 1 aliphatic heterocycles. The van der Waals surface area contributed by atoms with Crippen molar-refractivity contribution in [2.75, 3.05) is 19.6 Å². The number of rotatable bonds is 8. The molecule has 1 rings (SSSR count). The van der Waals surface area contributed by atoms with Crippen LogP contribution in [-0.4, -0.2) is 41.8 Å². The third-order valence-corrected chi connectivity index (χ3v) is 4.13. The van der Waals surface area contributed by atoms with Crippen LogP contribution in [0.4, 0.5) is 13.2 Å². The van der Waals surface area contributed by atoms with Gasteiger partial charge >= 0.3 is 12.1 Å². The second-order valence-corrected chi connectivity index (χ2v) is 5.68. The molecule has 6 heteroatoms. The summed E-state index contributed by atoms with van der Waals surface area (Å²) in [5, 5.41) is 8.94. The van der Waals surface area contributed by atoms with Crippen LogP contribution in [0.2, 0.25) is 0 Å². The summed E-state index contributed by atoms with van der Waals surface area (Å²) >= 11 is 0. The van der Waals surface area contributed by atoms with Crippen LogP contribution in [-0.2, 0) is 4.79 Å². The Hall–Kier alpha value is -0.780. The summed E-state index contributed by atoms with van der Waals surface area (Å²) in [7, 11) is 0. The Morgan fingerprint density at radius 2 is 1.80 bits per heavy atom. The highest BCUT2D eigenvalue weighted by Gasteiger charge is 2.63. The number of carboxylic acids is 1. The van der Waals surface area contributed by atoms with E-state index in [4.69, 9.17) is 5.11 Å². The molecule has 1 aliphatic rings. The fraction of sp³-hybridized carbons (Fsp3) is 0.929. The Kier molecular flexibility index (Phi) is 6.30. The molecule has 1 atom stereocenters. The van der Waals surface area contributed by atoms with Gasteiger partial charge in [-0.3, -0.25) is 4.79 Å². The van der Waals surface area contributed by atoms with Gasteiger partial charge in [0.05, 0.1) is 0 Å². The SMILES string of the molecule is CCCCCCCCN1CCC(C(=O)O)(C(F)(F)F)C1. The van der Waals surface area contributed by atoms with Gasteiger partial charge in [-0.1, -0.05) is 39.0 Å². The number of alkyl halides is 3. The van der Waals surface area contributed by atoms with Crippen molar-refractivity contribution in [2.45, 2.75) is 58.0 Å². The number of aliphatic carboxylic acids is 1. The van der Waals surface area contributed by atoms with Gasteiger partial charge in [-0.2, -0.15) is 13.2 Å². The van der Waals surface area contributed by atoms with E-state index in [2.05, 4.69) is 6.92 Å². The number of hydrogen-bond acceptors (Lipinski definition) is 2. The van der Waals surface area contributed by atoms with Gasteiger partial charge in [0.25, 0.3) is 0 Å². The van der Waals surface area contributed by atoms with Crippen LogP contribution in [0.15, 0.2) is 0 Å². The first-order chi connectivity index (χ1) is 9.33. The van der Waals surface area contributed by atoms with Crippen LogP contribution in [0.1, 0.15) is 51.9 Å². The smallest absolute Gasteiger partial charge is 0.406 e. The molecule has 1 saturated heterocycles. The molecule has 20 heavy (non-hydrogen) atoms. The van der Waals surface area contributed by atoms with Crippen LogP contribution in [0.5, 0.6) is 0 Å². The van der Waals surface area contributed by atoms with Crippen LogP contribution in [0.25, 0.3) is 0 Å².